The summed E-state index contributed by atoms with van der Waals surface area (Å²) in [6, 6.07) is 13.3. The van der Waals surface area contributed by atoms with E-state index in [0.29, 0.717) is 16.7 Å². The fourth-order valence-electron chi connectivity index (χ4n) is 2.68. The second-order valence-corrected chi connectivity index (χ2v) is 6.87. The van der Waals surface area contributed by atoms with Crippen LogP contribution in [-0.2, 0) is 4.79 Å². The van der Waals surface area contributed by atoms with E-state index in [1.165, 1.54) is 16.8 Å². The molecule has 2 aliphatic heterocycles. The molecule has 0 radical (unpaired) electrons. The minimum Gasteiger partial charge on any atom is -0.457 e. The summed E-state index contributed by atoms with van der Waals surface area (Å²) in [6.07, 6.45) is 3.31. The minimum atomic E-state index is -0.445. The Morgan fingerprint density at radius 1 is 1.23 bits per heavy atom. The number of rotatable bonds is 4. The van der Waals surface area contributed by atoms with Gasteiger partial charge in [-0.15, -0.1) is 0 Å². The number of hydrazone groups is 1. The van der Waals surface area contributed by atoms with Crippen molar-refractivity contribution in [2.75, 3.05) is 0 Å². The van der Waals surface area contributed by atoms with Crippen LogP contribution < -0.4 is 0 Å². The molecule has 6 nitrogen and oxygen atoms in total. The van der Waals surface area contributed by atoms with E-state index in [0.717, 1.165) is 23.4 Å². The van der Waals surface area contributed by atoms with E-state index in [1.807, 2.05) is 36.4 Å². The molecule has 1 aromatic carbocycles. The van der Waals surface area contributed by atoms with Crippen LogP contribution in [0.15, 0.2) is 62.5 Å². The zero-order chi connectivity index (χ0) is 18.1. The molecule has 26 heavy (non-hydrogen) atoms. The number of amidine groups is 2. The molecule has 7 heteroatoms. The Hall–Kier alpha value is -2.93. The maximum absolute atomic E-state index is 12.4. The second-order valence-electron chi connectivity index (χ2n) is 5.83. The molecule has 2 aromatic rings. The third-order valence-electron chi connectivity index (χ3n) is 3.93. The van der Waals surface area contributed by atoms with E-state index in [2.05, 4.69) is 17.0 Å². The lowest BCUT2D eigenvalue weighted by Crippen LogP contribution is -2.35. The monoisotopic (exact) mass is 364 g/mol. The van der Waals surface area contributed by atoms with Gasteiger partial charge in [-0.3, -0.25) is 10.2 Å². The summed E-state index contributed by atoms with van der Waals surface area (Å²) in [6.45, 7) is 2.06. The zero-order valence-corrected chi connectivity index (χ0v) is 14.9. The smallest absolute Gasteiger partial charge is 0.283 e. The highest BCUT2D eigenvalue weighted by molar-refractivity contribution is 8.26. The Kier molecular flexibility index (Phi) is 4.30. The van der Waals surface area contributed by atoms with E-state index >= 15 is 0 Å². The quantitative estimate of drug-likeness (QED) is 0.817. The first-order valence-corrected chi connectivity index (χ1v) is 9.11. The van der Waals surface area contributed by atoms with Crippen LogP contribution in [0.2, 0.25) is 0 Å². The predicted octanol–water partition coefficient (Wildman–Crippen LogP) is 4.37. The molecule has 4 rings (SSSR count). The van der Waals surface area contributed by atoms with Gasteiger partial charge in [-0.25, -0.2) is 0 Å². The molecule has 2 aliphatic rings. The maximum Gasteiger partial charge on any atom is 0.283 e. The standard InChI is InChI=1S/C19H16N4O2S/c1-2-6-16-22-23-17(20)14(18(24)21-19(23)26-16)11-13-9-10-15(25-13)12-7-4-3-5-8-12/h3-5,7-11,20H,2,6H2,1H3/b14-11-,20-17?. The van der Waals surface area contributed by atoms with Crippen molar-refractivity contribution < 1.29 is 9.21 Å². The lowest BCUT2D eigenvalue weighted by molar-refractivity contribution is -0.114. The van der Waals surface area contributed by atoms with Gasteiger partial charge in [0.25, 0.3) is 5.91 Å². The molecule has 0 bridgehead atoms. The average molecular weight is 364 g/mol. The number of hydrogen-bond acceptors (Lipinski definition) is 5. The van der Waals surface area contributed by atoms with Gasteiger partial charge in [-0.2, -0.15) is 15.1 Å². The number of nitrogens with zero attached hydrogens (tertiary/aromatic N) is 3. The molecular weight excluding hydrogens is 348 g/mol. The van der Waals surface area contributed by atoms with Gasteiger partial charge in [0, 0.05) is 5.56 Å². The Morgan fingerprint density at radius 2 is 2.04 bits per heavy atom. The van der Waals surface area contributed by atoms with Gasteiger partial charge in [-0.1, -0.05) is 37.3 Å². The van der Waals surface area contributed by atoms with Gasteiger partial charge in [0.1, 0.15) is 16.6 Å². The fraction of sp³-hybridized carbons (Fsp3) is 0.158. The third-order valence-corrected chi connectivity index (χ3v) is 4.90. The van der Waals surface area contributed by atoms with Crippen molar-refractivity contribution in [1.29, 1.82) is 5.41 Å². The Bertz CT molecular complexity index is 972. The second kappa shape index (κ2) is 6.76. The maximum atomic E-state index is 12.4. The largest absolute Gasteiger partial charge is 0.457 e. The first kappa shape index (κ1) is 16.5. The van der Waals surface area contributed by atoms with Crippen LogP contribution in [0, 0.1) is 5.41 Å². The lowest BCUT2D eigenvalue weighted by atomic mass is 10.1. The highest BCUT2D eigenvalue weighted by Crippen LogP contribution is 2.30. The van der Waals surface area contributed by atoms with Gasteiger partial charge < -0.3 is 4.42 Å². The Balaban J connectivity index is 1.63. The van der Waals surface area contributed by atoms with E-state index in [-0.39, 0.29) is 11.4 Å². The number of furan rings is 1. The number of carbonyl (C=O) groups is 1. The average Bonchev–Trinajstić information content (AvgIpc) is 3.27. The molecule has 1 N–H and O–H groups in total. The fourth-order valence-corrected chi connectivity index (χ4v) is 3.66. The molecule has 0 atom stereocenters. The molecule has 0 unspecified atom stereocenters. The van der Waals surface area contributed by atoms with Crippen LogP contribution in [0.1, 0.15) is 25.5 Å². The minimum absolute atomic E-state index is 0.0243. The SMILES string of the molecule is CCCC1=NN2C(=N)/C(=C/c3ccc(-c4ccccc4)o3)C(=O)N=C2S1. The van der Waals surface area contributed by atoms with Gasteiger partial charge in [0.15, 0.2) is 5.84 Å². The normalized spacial score (nSPS) is 18.2. The summed E-state index contributed by atoms with van der Waals surface area (Å²) in [5.41, 5.74) is 1.12. The van der Waals surface area contributed by atoms with Gasteiger partial charge >= 0.3 is 0 Å². The lowest BCUT2D eigenvalue weighted by Gasteiger charge is -2.19. The van der Waals surface area contributed by atoms with Crippen molar-refractivity contribution >= 4 is 39.8 Å². The van der Waals surface area contributed by atoms with E-state index in [4.69, 9.17) is 9.83 Å². The summed E-state index contributed by atoms with van der Waals surface area (Å²) in [7, 11) is 0. The molecule has 130 valence electrons. The Labute approximate surface area is 154 Å². The predicted molar refractivity (Wildman–Crippen MR) is 104 cm³/mol. The number of aliphatic imine (C=N–C) groups is 1. The van der Waals surface area contributed by atoms with Crippen LogP contribution in [0.4, 0.5) is 0 Å². The topological polar surface area (TPSA) is 82.0 Å². The Morgan fingerprint density at radius 3 is 2.81 bits per heavy atom. The summed E-state index contributed by atoms with van der Waals surface area (Å²) in [5.74, 6) is 0.784. The van der Waals surface area contributed by atoms with E-state index in [9.17, 15) is 4.79 Å². The van der Waals surface area contributed by atoms with E-state index < -0.39 is 5.91 Å². The molecular formula is C19H16N4O2S. The highest BCUT2D eigenvalue weighted by Gasteiger charge is 2.35. The molecule has 3 heterocycles. The first-order chi connectivity index (χ1) is 12.7. The van der Waals surface area contributed by atoms with Crippen LogP contribution in [0.25, 0.3) is 17.4 Å². The molecule has 0 saturated carbocycles. The first-order valence-electron chi connectivity index (χ1n) is 8.30. The van der Waals surface area contributed by atoms with Crippen molar-refractivity contribution in [2.45, 2.75) is 19.8 Å². The summed E-state index contributed by atoms with van der Waals surface area (Å²) < 4.78 is 5.81. The van der Waals surface area contributed by atoms with Gasteiger partial charge in [0.2, 0.25) is 5.17 Å². The highest BCUT2D eigenvalue weighted by atomic mass is 32.2. The van der Waals surface area contributed by atoms with Crippen LogP contribution in [0.3, 0.4) is 0 Å². The van der Waals surface area contributed by atoms with Gasteiger partial charge in [0.05, 0.1) is 5.57 Å². The van der Waals surface area contributed by atoms with Crippen LogP contribution in [0.5, 0.6) is 0 Å². The van der Waals surface area contributed by atoms with Crippen molar-refractivity contribution in [2.24, 2.45) is 10.1 Å². The zero-order valence-electron chi connectivity index (χ0n) is 14.1. The summed E-state index contributed by atoms with van der Waals surface area (Å²) in [5, 5.41) is 15.5. The van der Waals surface area contributed by atoms with E-state index in [1.54, 1.807) is 12.1 Å². The number of fused-ring (bicyclic) bond motifs is 1. The van der Waals surface area contributed by atoms with Crippen molar-refractivity contribution in [3.63, 3.8) is 0 Å². The van der Waals surface area contributed by atoms with Gasteiger partial charge in [-0.05, 0) is 42.8 Å². The molecule has 0 saturated heterocycles. The van der Waals surface area contributed by atoms with Crippen LogP contribution in [-0.4, -0.2) is 27.0 Å². The number of benzene rings is 1. The number of thioether (sulfide) groups is 1. The third kappa shape index (κ3) is 3.01. The molecule has 0 fully saturated rings. The van der Waals surface area contributed by atoms with Crippen molar-refractivity contribution in [1.82, 2.24) is 5.01 Å². The summed E-state index contributed by atoms with van der Waals surface area (Å²) in [4.78, 5) is 16.4. The number of hydrogen-bond donors (Lipinski definition) is 1. The summed E-state index contributed by atoms with van der Waals surface area (Å²) >= 11 is 1.35. The molecule has 1 amide bonds. The molecule has 0 aliphatic carbocycles. The van der Waals surface area contributed by atoms with Crippen molar-refractivity contribution in [3.8, 4) is 11.3 Å². The number of nitrogens with one attached hydrogen (secondary N) is 1. The molecule has 1 aromatic heterocycles. The number of amides is 1. The van der Waals surface area contributed by atoms with Crippen LogP contribution >= 0.6 is 11.8 Å². The van der Waals surface area contributed by atoms with Crippen molar-refractivity contribution in [3.05, 3.63) is 53.8 Å². The molecule has 0 spiro atoms. The number of carbonyl (C=O) groups excluding carboxylic acids is 1.